The molecule has 1 saturated heterocycles. The van der Waals surface area contributed by atoms with Gasteiger partial charge in [-0.1, -0.05) is 18.2 Å². The Morgan fingerprint density at radius 2 is 1.91 bits per heavy atom. The molecule has 0 radical (unpaired) electrons. The molecular formula is C17H18N2O3S. The van der Waals surface area contributed by atoms with Gasteiger partial charge < -0.3 is 15.0 Å². The number of ether oxygens (including phenoxy) is 1. The lowest BCUT2D eigenvalue weighted by Crippen LogP contribution is -2.41. The number of carbonyl (C=O) groups excluding carboxylic acids is 2. The Hall–Kier alpha value is -2.18. The first kappa shape index (κ1) is 15.7. The van der Waals surface area contributed by atoms with Gasteiger partial charge in [-0.3, -0.25) is 9.59 Å². The molecule has 0 bridgehead atoms. The molecule has 0 spiro atoms. The number of anilines is 1. The summed E-state index contributed by atoms with van der Waals surface area (Å²) in [6, 6.07) is 11.0. The van der Waals surface area contributed by atoms with Crippen molar-refractivity contribution in [3.8, 4) is 0 Å². The molecule has 0 saturated carbocycles. The Labute approximate surface area is 138 Å². The van der Waals surface area contributed by atoms with Crippen molar-refractivity contribution in [3.63, 3.8) is 0 Å². The van der Waals surface area contributed by atoms with Crippen molar-refractivity contribution in [3.05, 3.63) is 52.2 Å². The van der Waals surface area contributed by atoms with Crippen LogP contribution in [0.5, 0.6) is 0 Å². The summed E-state index contributed by atoms with van der Waals surface area (Å²) >= 11 is 1.55. The molecule has 6 heteroatoms. The highest BCUT2D eigenvalue weighted by molar-refractivity contribution is 7.10. The number of amides is 2. The summed E-state index contributed by atoms with van der Waals surface area (Å²) in [6.07, 6.45) is 0.317. The third kappa shape index (κ3) is 3.97. The smallest absolute Gasteiger partial charge is 0.256 e. The molecule has 1 aromatic heterocycles. The predicted molar refractivity (Wildman–Crippen MR) is 89.8 cm³/mol. The monoisotopic (exact) mass is 330 g/mol. The Morgan fingerprint density at radius 1 is 1.13 bits per heavy atom. The largest absolute Gasteiger partial charge is 0.378 e. The molecule has 1 N–H and O–H groups in total. The number of rotatable bonds is 4. The summed E-state index contributed by atoms with van der Waals surface area (Å²) in [5.74, 6) is -0.185. The average Bonchev–Trinajstić information content (AvgIpc) is 3.08. The molecule has 1 fully saturated rings. The van der Waals surface area contributed by atoms with Crippen LogP contribution in [-0.2, 0) is 16.0 Å². The van der Waals surface area contributed by atoms with E-state index in [1.807, 2.05) is 29.6 Å². The maximum Gasteiger partial charge on any atom is 0.256 e. The molecule has 1 aliphatic heterocycles. The van der Waals surface area contributed by atoms with Crippen molar-refractivity contribution >= 4 is 28.8 Å². The zero-order valence-electron chi connectivity index (χ0n) is 12.7. The second kappa shape index (κ2) is 7.39. The summed E-state index contributed by atoms with van der Waals surface area (Å²) in [6.45, 7) is 2.27. The van der Waals surface area contributed by atoms with Crippen LogP contribution in [0, 0.1) is 0 Å². The number of carbonyl (C=O) groups is 2. The molecule has 2 amide bonds. The molecule has 0 unspecified atom stereocenters. The number of para-hydroxylation sites is 1. The highest BCUT2D eigenvalue weighted by Gasteiger charge is 2.21. The van der Waals surface area contributed by atoms with Crippen molar-refractivity contribution in [2.24, 2.45) is 0 Å². The van der Waals surface area contributed by atoms with E-state index in [9.17, 15) is 9.59 Å². The van der Waals surface area contributed by atoms with Crippen LogP contribution in [0.4, 0.5) is 5.69 Å². The van der Waals surface area contributed by atoms with Crippen molar-refractivity contribution in [2.75, 3.05) is 31.6 Å². The first-order valence-corrected chi connectivity index (χ1v) is 8.40. The summed E-state index contributed by atoms with van der Waals surface area (Å²) in [5, 5.41) is 4.80. The van der Waals surface area contributed by atoms with Gasteiger partial charge in [-0.15, -0.1) is 11.3 Å². The number of nitrogens with zero attached hydrogens (tertiary/aromatic N) is 1. The average molecular weight is 330 g/mol. The van der Waals surface area contributed by atoms with E-state index in [1.54, 1.807) is 28.4 Å². The standard InChI is InChI=1S/C17H18N2O3S/c20-16(12-13-4-3-11-23-13)18-15-6-2-1-5-14(15)17(21)19-7-9-22-10-8-19/h1-6,11H,7-10,12H2,(H,18,20). The van der Waals surface area contributed by atoms with Gasteiger partial charge in [0, 0.05) is 18.0 Å². The zero-order chi connectivity index (χ0) is 16.1. The second-order valence-corrected chi connectivity index (χ2v) is 6.29. The molecule has 120 valence electrons. The highest BCUT2D eigenvalue weighted by atomic mass is 32.1. The number of hydrogen-bond acceptors (Lipinski definition) is 4. The van der Waals surface area contributed by atoms with Crippen LogP contribution in [0.25, 0.3) is 0 Å². The minimum atomic E-state index is -0.116. The molecule has 2 heterocycles. The molecule has 5 nitrogen and oxygen atoms in total. The fourth-order valence-electron chi connectivity index (χ4n) is 2.48. The summed E-state index contributed by atoms with van der Waals surface area (Å²) in [4.78, 5) is 27.6. The Morgan fingerprint density at radius 3 is 2.65 bits per heavy atom. The van der Waals surface area contributed by atoms with Crippen molar-refractivity contribution in [1.29, 1.82) is 0 Å². The third-order valence-corrected chi connectivity index (χ3v) is 4.52. The second-order valence-electron chi connectivity index (χ2n) is 5.25. The topological polar surface area (TPSA) is 58.6 Å². The lowest BCUT2D eigenvalue weighted by atomic mass is 10.1. The van der Waals surface area contributed by atoms with E-state index in [1.165, 1.54) is 0 Å². The normalized spacial score (nSPS) is 14.5. The van der Waals surface area contributed by atoms with Crippen LogP contribution < -0.4 is 5.32 Å². The van der Waals surface area contributed by atoms with Crippen molar-refractivity contribution in [2.45, 2.75) is 6.42 Å². The summed E-state index contributed by atoms with van der Waals surface area (Å²) in [5.41, 5.74) is 1.08. The van der Waals surface area contributed by atoms with Crippen LogP contribution in [0.15, 0.2) is 41.8 Å². The predicted octanol–water partition coefficient (Wildman–Crippen LogP) is 2.40. The summed E-state index contributed by atoms with van der Waals surface area (Å²) in [7, 11) is 0. The van der Waals surface area contributed by atoms with Gasteiger partial charge in [0.15, 0.2) is 0 Å². The molecule has 0 aliphatic carbocycles. The van der Waals surface area contributed by atoms with E-state index < -0.39 is 0 Å². The van der Waals surface area contributed by atoms with Gasteiger partial charge in [0.05, 0.1) is 30.9 Å². The van der Waals surface area contributed by atoms with Gasteiger partial charge in [0.25, 0.3) is 5.91 Å². The Kier molecular flexibility index (Phi) is 5.05. The molecule has 1 aromatic carbocycles. The van der Waals surface area contributed by atoms with Gasteiger partial charge >= 0.3 is 0 Å². The fourth-order valence-corrected chi connectivity index (χ4v) is 3.18. The van der Waals surface area contributed by atoms with Crippen LogP contribution in [0.2, 0.25) is 0 Å². The maximum atomic E-state index is 12.6. The molecule has 2 aromatic rings. The SMILES string of the molecule is O=C(Cc1cccs1)Nc1ccccc1C(=O)N1CCOCC1. The minimum Gasteiger partial charge on any atom is -0.378 e. The van der Waals surface area contributed by atoms with E-state index in [0.717, 1.165) is 4.88 Å². The number of thiophene rings is 1. The molecule has 23 heavy (non-hydrogen) atoms. The zero-order valence-corrected chi connectivity index (χ0v) is 13.5. The van der Waals surface area contributed by atoms with Crippen LogP contribution in [0.3, 0.4) is 0 Å². The summed E-state index contributed by atoms with van der Waals surface area (Å²) < 4.78 is 5.28. The first-order valence-electron chi connectivity index (χ1n) is 7.52. The lowest BCUT2D eigenvalue weighted by Gasteiger charge is -2.27. The van der Waals surface area contributed by atoms with Gasteiger partial charge in [-0.05, 0) is 23.6 Å². The quantitative estimate of drug-likeness (QED) is 0.936. The van der Waals surface area contributed by atoms with Crippen molar-refractivity contribution < 1.29 is 14.3 Å². The maximum absolute atomic E-state index is 12.6. The first-order chi connectivity index (χ1) is 11.2. The van der Waals surface area contributed by atoms with Gasteiger partial charge in [-0.25, -0.2) is 0 Å². The van der Waals surface area contributed by atoms with Crippen LogP contribution in [-0.4, -0.2) is 43.0 Å². The van der Waals surface area contributed by atoms with Crippen molar-refractivity contribution in [1.82, 2.24) is 4.90 Å². The van der Waals surface area contributed by atoms with E-state index in [2.05, 4.69) is 5.32 Å². The van der Waals surface area contributed by atoms with Crippen LogP contribution in [0.1, 0.15) is 15.2 Å². The van der Waals surface area contributed by atoms with E-state index in [-0.39, 0.29) is 11.8 Å². The molecule has 3 rings (SSSR count). The Balaban J connectivity index is 1.72. The van der Waals surface area contributed by atoms with E-state index in [0.29, 0.717) is 44.0 Å². The van der Waals surface area contributed by atoms with Gasteiger partial charge in [0.1, 0.15) is 0 Å². The number of hydrogen-bond donors (Lipinski definition) is 1. The minimum absolute atomic E-state index is 0.0691. The Bertz CT molecular complexity index is 679. The highest BCUT2D eigenvalue weighted by Crippen LogP contribution is 2.19. The number of nitrogens with one attached hydrogen (secondary N) is 1. The molecular weight excluding hydrogens is 312 g/mol. The number of morpholine rings is 1. The van der Waals surface area contributed by atoms with E-state index >= 15 is 0 Å². The number of benzene rings is 1. The van der Waals surface area contributed by atoms with E-state index in [4.69, 9.17) is 4.74 Å². The molecule has 0 atom stereocenters. The van der Waals surface area contributed by atoms with Gasteiger partial charge in [0.2, 0.25) is 5.91 Å². The molecule has 1 aliphatic rings. The van der Waals surface area contributed by atoms with Gasteiger partial charge in [-0.2, -0.15) is 0 Å². The third-order valence-electron chi connectivity index (χ3n) is 3.64. The lowest BCUT2D eigenvalue weighted by molar-refractivity contribution is -0.115. The fraction of sp³-hybridized carbons (Fsp3) is 0.294. The van der Waals surface area contributed by atoms with Crippen LogP contribution >= 0.6 is 11.3 Å².